The molecule has 3 aliphatic rings. The molecule has 52 heavy (non-hydrogen) atoms. The van der Waals surface area contributed by atoms with Crippen LogP contribution in [0.5, 0.6) is 0 Å². The van der Waals surface area contributed by atoms with E-state index in [9.17, 15) is 27.9 Å². The molecule has 16 heteroatoms. The number of amides is 2. The summed E-state index contributed by atoms with van der Waals surface area (Å²) in [6, 6.07) is 20.2. The van der Waals surface area contributed by atoms with Crippen LogP contribution in [-0.2, 0) is 35.8 Å². The minimum atomic E-state index is -4.31. The van der Waals surface area contributed by atoms with E-state index in [-0.39, 0.29) is 36.2 Å². The minimum Gasteiger partial charge on any atom is -0.480 e. The van der Waals surface area contributed by atoms with E-state index in [0.29, 0.717) is 43.1 Å². The number of carbonyl (C=O) groups excluding carboxylic acids is 2. The van der Waals surface area contributed by atoms with E-state index < -0.39 is 46.2 Å². The summed E-state index contributed by atoms with van der Waals surface area (Å²) in [5, 5.41) is 22.8. The van der Waals surface area contributed by atoms with Gasteiger partial charge in [0.2, 0.25) is 10.0 Å². The lowest BCUT2D eigenvalue weighted by molar-refractivity contribution is -0.138. The number of likely N-dealkylation sites (tertiary alicyclic amines) is 1. The van der Waals surface area contributed by atoms with Gasteiger partial charge >= 0.3 is 12.1 Å². The maximum absolute atomic E-state index is 13.5. The lowest BCUT2D eigenvalue weighted by Crippen LogP contribution is -2.49. The summed E-state index contributed by atoms with van der Waals surface area (Å²) >= 11 is 0. The summed E-state index contributed by atoms with van der Waals surface area (Å²) in [6.07, 6.45) is -0.188. The molecule has 15 nitrogen and oxygen atoms in total. The molecular weight excluding hydrogens is 691 g/mol. The molecule has 0 radical (unpaired) electrons. The Kier molecular flexibility index (Phi) is 10.8. The molecular formula is C36H41N7O8S. The van der Waals surface area contributed by atoms with E-state index in [4.69, 9.17) is 9.57 Å². The highest BCUT2D eigenvalue weighted by molar-refractivity contribution is 7.89. The molecule has 3 heterocycles. The zero-order valence-electron chi connectivity index (χ0n) is 28.8. The Labute approximate surface area is 301 Å². The fourth-order valence-electron chi connectivity index (χ4n) is 6.70. The number of hydrogen-bond donors (Lipinski definition) is 5. The Hall–Kier alpha value is -5.48. The molecule has 5 N–H and O–H groups in total. The van der Waals surface area contributed by atoms with Crippen LogP contribution in [0.2, 0.25) is 0 Å². The van der Waals surface area contributed by atoms with Gasteiger partial charge in [-0.3, -0.25) is 19.5 Å². The highest BCUT2D eigenvalue weighted by Gasteiger charge is 2.53. The lowest BCUT2D eigenvalue weighted by atomic mass is 9.94. The first-order chi connectivity index (χ1) is 24.9. The topological polar surface area (TPSA) is 200 Å². The predicted octanol–water partition coefficient (Wildman–Crippen LogP) is 2.29. The number of guanidine groups is 1. The molecule has 3 atom stereocenters. The zero-order valence-corrected chi connectivity index (χ0v) is 29.6. The van der Waals surface area contributed by atoms with Gasteiger partial charge in [-0.25, -0.2) is 13.2 Å². The largest absolute Gasteiger partial charge is 0.480 e. The SMILES string of the molecule is Cc1cc(-c2ccccc2)cc(C)c1S(=O)(=O)NC(CNC(=O)C1=NO[C@]2(C1)CC(CNC1=NCCN1)N(C(=O)OCc1ccccc1)C2)C(=O)O. The Morgan fingerprint density at radius 1 is 1.06 bits per heavy atom. The molecule has 2 amide bonds. The normalized spacial score (nSPS) is 20.0. The maximum Gasteiger partial charge on any atom is 0.410 e. The standard InChI is InChI=1S/C36H41N7O8S/c1-23-15-27(26-11-7-4-8-12-26)16-24(2)31(23)52(48,49)42-30(33(45)46)20-39-32(44)29-18-36(51-41-29)17-28(19-40-34-37-13-14-38-34)43(22-36)35(47)50-21-25-9-5-3-6-10-25/h3-12,15-16,28,30,42H,13-14,17-22H2,1-2H3,(H,39,44)(H,45,46)(H2,37,38,40)/t28?,30?,36-/m0/s1. The van der Waals surface area contributed by atoms with E-state index in [2.05, 4.69) is 30.8 Å². The van der Waals surface area contributed by atoms with Crippen LogP contribution in [0.3, 0.4) is 0 Å². The summed E-state index contributed by atoms with van der Waals surface area (Å²) in [6.45, 7) is 4.59. The van der Waals surface area contributed by atoms with Gasteiger partial charge in [-0.2, -0.15) is 4.72 Å². The van der Waals surface area contributed by atoms with Crippen molar-refractivity contribution in [1.82, 2.24) is 25.6 Å². The summed E-state index contributed by atoms with van der Waals surface area (Å²) in [5.41, 5.74) is 2.42. The van der Waals surface area contributed by atoms with Crippen molar-refractivity contribution in [2.75, 3.05) is 32.7 Å². The Morgan fingerprint density at radius 3 is 2.40 bits per heavy atom. The number of aryl methyl sites for hydroxylation is 2. The van der Waals surface area contributed by atoms with Crippen LogP contribution in [0.15, 0.2) is 87.8 Å². The number of benzene rings is 3. The third-order valence-corrected chi connectivity index (χ3v) is 10.9. The summed E-state index contributed by atoms with van der Waals surface area (Å²) in [5.74, 6) is -1.56. The first kappa shape index (κ1) is 36.3. The van der Waals surface area contributed by atoms with Crippen LogP contribution in [0.25, 0.3) is 11.1 Å². The number of aliphatic imine (C=N–C) groups is 1. The van der Waals surface area contributed by atoms with Crippen molar-refractivity contribution in [2.24, 2.45) is 10.1 Å². The van der Waals surface area contributed by atoms with Crippen molar-refractivity contribution in [2.45, 2.75) is 55.9 Å². The number of aliphatic carboxylic acids is 1. The van der Waals surface area contributed by atoms with Gasteiger partial charge < -0.3 is 30.6 Å². The van der Waals surface area contributed by atoms with E-state index in [1.807, 2.05) is 60.7 Å². The van der Waals surface area contributed by atoms with Crippen molar-refractivity contribution < 1.29 is 37.5 Å². The Balaban J connectivity index is 1.08. The molecule has 274 valence electrons. The molecule has 1 spiro atoms. The van der Waals surface area contributed by atoms with E-state index in [0.717, 1.165) is 16.7 Å². The van der Waals surface area contributed by atoms with E-state index >= 15 is 0 Å². The van der Waals surface area contributed by atoms with Gasteiger partial charge in [0.1, 0.15) is 18.4 Å². The fraction of sp³-hybridized carbons (Fsp3) is 0.361. The second kappa shape index (κ2) is 15.4. The van der Waals surface area contributed by atoms with Crippen molar-refractivity contribution in [1.29, 1.82) is 0 Å². The first-order valence-electron chi connectivity index (χ1n) is 16.9. The van der Waals surface area contributed by atoms with Crippen LogP contribution >= 0.6 is 0 Å². The van der Waals surface area contributed by atoms with Crippen molar-refractivity contribution in [3.8, 4) is 11.1 Å². The zero-order chi connectivity index (χ0) is 36.9. The Bertz CT molecular complexity index is 1970. The van der Waals surface area contributed by atoms with Crippen LogP contribution in [0, 0.1) is 13.8 Å². The number of nitrogens with one attached hydrogen (secondary N) is 4. The number of oxime groups is 1. The molecule has 1 fully saturated rings. The number of carbonyl (C=O) groups is 3. The van der Waals surface area contributed by atoms with Gasteiger partial charge in [-0.05, 0) is 41.7 Å². The van der Waals surface area contributed by atoms with E-state index in [1.165, 1.54) is 0 Å². The fourth-order valence-corrected chi connectivity index (χ4v) is 8.35. The molecule has 1 saturated heterocycles. The highest BCUT2D eigenvalue weighted by atomic mass is 32.2. The summed E-state index contributed by atoms with van der Waals surface area (Å²) in [7, 11) is -4.31. The quantitative estimate of drug-likeness (QED) is 0.184. The third kappa shape index (κ3) is 8.35. The average Bonchev–Trinajstić information content (AvgIpc) is 3.89. The van der Waals surface area contributed by atoms with Gasteiger partial charge in [-0.15, -0.1) is 0 Å². The van der Waals surface area contributed by atoms with Gasteiger partial charge in [-0.1, -0.05) is 78.0 Å². The van der Waals surface area contributed by atoms with Crippen molar-refractivity contribution >= 4 is 39.7 Å². The second-order valence-electron chi connectivity index (χ2n) is 13.1. The van der Waals surface area contributed by atoms with Crippen molar-refractivity contribution in [3.05, 3.63) is 89.5 Å². The van der Waals surface area contributed by atoms with Crippen molar-refractivity contribution in [3.63, 3.8) is 0 Å². The molecule has 3 aliphatic heterocycles. The van der Waals surface area contributed by atoms with Gasteiger partial charge in [0.25, 0.3) is 5.91 Å². The third-order valence-electron chi connectivity index (χ3n) is 9.13. The highest BCUT2D eigenvalue weighted by Crippen LogP contribution is 2.38. The molecule has 0 bridgehead atoms. The first-order valence-corrected chi connectivity index (χ1v) is 18.4. The second-order valence-corrected chi connectivity index (χ2v) is 14.7. The van der Waals surface area contributed by atoms with Gasteiger partial charge in [0.15, 0.2) is 11.6 Å². The van der Waals surface area contributed by atoms with Crippen LogP contribution in [0.1, 0.15) is 29.5 Å². The number of sulfonamides is 1. The summed E-state index contributed by atoms with van der Waals surface area (Å²) in [4.78, 5) is 50.4. The molecule has 0 saturated carbocycles. The average molecular weight is 732 g/mol. The lowest BCUT2D eigenvalue weighted by Gasteiger charge is -2.24. The predicted molar refractivity (Wildman–Crippen MR) is 192 cm³/mol. The smallest absolute Gasteiger partial charge is 0.410 e. The Morgan fingerprint density at radius 2 is 1.75 bits per heavy atom. The van der Waals surface area contributed by atoms with Crippen LogP contribution in [0.4, 0.5) is 4.79 Å². The molecule has 6 rings (SSSR count). The number of carboxylic acid groups (broad SMARTS) is 1. The monoisotopic (exact) mass is 731 g/mol. The summed E-state index contributed by atoms with van der Waals surface area (Å²) < 4.78 is 34.9. The minimum absolute atomic E-state index is 0.0109. The maximum atomic E-state index is 13.5. The molecule has 2 unspecified atom stereocenters. The number of ether oxygens (including phenoxy) is 1. The number of hydrogen-bond acceptors (Lipinski definition) is 11. The number of carboxylic acids is 1. The molecule has 0 aliphatic carbocycles. The van der Waals surface area contributed by atoms with Gasteiger partial charge in [0, 0.05) is 32.5 Å². The number of rotatable bonds is 12. The van der Waals surface area contributed by atoms with Gasteiger partial charge in [0.05, 0.1) is 24.0 Å². The molecule has 3 aromatic carbocycles. The van der Waals surface area contributed by atoms with Crippen LogP contribution in [-0.4, -0.2) is 98.5 Å². The molecule has 3 aromatic rings. The number of nitrogens with zero attached hydrogens (tertiary/aromatic N) is 3. The van der Waals surface area contributed by atoms with Crippen LogP contribution < -0.4 is 20.7 Å². The van der Waals surface area contributed by atoms with E-state index in [1.54, 1.807) is 30.9 Å². The molecule has 0 aromatic heterocycles.